The fourth-order valence-electron chi connectivity index (χ4n) is 2.06. The molecule has 1 aromatic carbocycles. The molecule has 0 saturated heterocycles. The van der Waals surface area contributed by atoms with Crippen LogP contribution in [0.2, 0.25) is 0 Å². The monoisotopic (exact) mass is 381 g/mol. The number of hydrogen-bond acceptors (Lipinski definition) is 4. The van der Waals surface area contributed by atoms with Crippen molar-refractivity contribution in [2.45, 2.75) is 38.8 Å². The third kappa shape index (κ3) is 4.38. The zero-order chi connectivity index (χ0) is 16.1. The zero-order valence-electron chi connectivity index (χ0n) is 12.7. The molecule has 2 unspecified atom stereocenters. The summed E-state index contributed by atoms with van der Waals surface area (Å²) in [7, 11) is 0. The van der Waals surface area contributed by atoms with Gasteiger partial charge >= 0.3 is 0 Å². The average molecular weight is 382 g/mol. The van der Waals surface area contributed by atoms with Gasteiger partial charge in [0.1, 0.15) is 5.01 Å². The van der Waals surface area contributed by atoms with Gasteiger partial charge in [0.15, 0.2) is 0 Å². The number of aromatic nitrogens is 1. The highest BCUT2D eigenvalue weighted by Gasteiger charge is 2.18. The molecule has 1 heterocycles. The summed E-state index contributed by atoms with van der Waals surface area (Å²) in [5.74, 6) is -0.116. The van der Waals surface area contributed by atoms with Crippen molar-refractivity contribution in [3.05, 3.63) is 39.1 Å². The molecule has 0 saturated carbocycles. The molecule has 0 aliphatic heterocycles. The SMILES string of the molecule is CCCC(N)C(=O)NC(C)c1nc(-c2ccc(Br)cc2)cs1. The quantitative estimate of drug-likeness (QED) is 0.797. The molecular weight excluding hydrogens is 362 g/mol. The van der Waals surface area contributed by atoms with E-state index in [9.17, 15) is 4.79 Å². The molecule has 0 radical (unpaired) electrons. The predicted octanol–water partition coefficient (Wildman–Crippen LogP) is 3.88. The Hall–Kier alpha value is -1.24. The van der Waals surface area contributed by atoms with Crippen molar-refractivity contribution in [1.29, 1.82) is 0 Å². The van der Waals surface area contributed by atoms with E-state index in [-0.39, 0.29) is 11.9 Å². The maximum Gasteiger partial charge on any atom is 0.237 e. The van der Waals surface area contributed by atoms with Gasteiger partial charge in [0.2, 0.25) is 5.91 Å². The summed E-state index contributed by atoms with van der Waals surface area (Å²) in [6, 6.07) is 7.43. The van der Waals surface area contributed by atoms with Gasteiger partial charge in [0.25, 0.3) is 0 Å². The number of amides is 1. The number of nitrogens with two attached hydrogens (primary N) is 1. The summed E-state index contributed by atoms with van der Waals surface area (Å²) >= 11 is 4.97. The van der Waals surface area contributed by atoms with Crippen molar-refractivity contribution in [2.75, 3.05) is 0 Å². The van der Waals surface area contributed by atoms with E-state index in [4.69, 9.17) is 5.73 Å². The molecule has 0 aliphatic carbocycles. The number of benzene rings is 1. The summed E-state index contributed by atoms with van der Waals surface area (Å²) in [5, 5.41) is 5.82. The third-order valence-electron chi connectivity index (χ3n) is 3.33. The number of thiazole rings is 1. The van der Waals surface area contributed by atoms with Crippen LogP contribution in [0.15, 0.2) is 34.1 Å². The molecule has 0 fully saturated rings. The first kappa shape index (κ1) is 17.1. The lowest BCUT2D eigenvalue weighted by Crippen LogP contribution is -2.41. The lowest BCUT2D eigenvalue weighted by Gasteiger charge is -2.15. The van der Waals surface area contributed by atoms with Crippen LogP contribution in [0.4, 0.5) is 0 Å². The molecule has 1 aromatic heterocycles. The van der Waals surface area contributed by atoms with Crippen molar-refractivity contribution < 1.29 is 4.79 Å². The lowest BCUT2D eigenvalue weighted by molar-refractivity contribution is -0.123. The summed E-state index contributed by atoms with van der Waals surface area (Å²) in [6.07, 6.45) is 1.59. The Morgan fingerprint density at radius 2 is 2.09 bits per heavy atom. The van der Waals surface area contributed by atoms with Crippen molar-refractivity contribution in [2.24, 2.45) is 5.73 Å². The second-order valence-electron chi connectivity index (χ2n) is 5.20. The van der Waals surface area contributed by atoms with Gasteiger partial charge in [-0.25, -0.2) is 4.98 Å². The van der Waals surface area contributed by atoms with Crippen LogP contribution in [-0.2, 0) is 4.79 Å². The van der Waals surface area contributed by atoms with Crippen molar-refractivity contribution in [3.63, 3.8) is 0 Å². The fourth-order valence-corrected chi connectivity index (χ4v) is 3.16. The number of nitrogens with one attached hydrogen (secondary N) is 1. The second kappa shape index (κ2) is 7.85. The largest absolute Gasteiger partial charge is 0.346 e. The van der Waals surface area contributed by atoms with Crippen LogP contribution < -0.4 is 11.1 Å². The molecule has 0 aliphatic rings. The number of carbonyl (C=O) groups is 1. The van der Waals surface area contributed by atoms with Crippen LogP contribution in [-0.4, -0.2) is 16.9 Å². The minimum atomic E-state index is -0.446. The first-order valence-electron chi connectivity index (χ1n) is 7.28. The minimum absolute atomic E-state index is 0.116. The lowest BCUT2D eigenvalue weighted by atomic mass is 10.1. The maximum atomic E-state index is 12.0. The Balaban J connectivity index is 2.04. The Bertz CT molecular complexity index is 627. The van der Waals surface area contributed by atoms with Crippen LogP contribution in [0.25, 0.3) is 11.3 Å². The van der Waals surface area contributed by atoms with Gasteiger partial charge in [-0.2, -0.15) is 0 Å². The number of hydrogen-bond donors (Lipinski definition) is 2. The first-order valence-corrected chi connectivity index (χ1v) is 8.95. The Kier molecular flexibility index (Phi) is 6.11. The fraction of sp³-hybridized carbons (Fsp3) is 0.375. The summed E-state index contributed by atoms with van der Waals surface area (Å²) in [5.41, 5.74) is 7.82. The van der Waals surface area contributed by atoms with Gasteiger partial charge in [-0.15, -0.1) is 11.3 Å². The molecule has 2 atom stereocenters. The van der Waals surface area contributed by atoms with Crippen molar-refractivity contribution in [3.8, 4) is 11.3 Å². The number of halogens is 1. The molecule has 1 amide bonds. The van der Waals surface area contributed by atoms with Gasteiger partial charge in [-0.1, -0.05) is 41.4 Å². The Morgan fingerprint density at radius 1 is 1.41 bits per heavy atom. The van der Waals surface area contributed by atoms with Crippen LogP contribution in [0, 0.1) is 0 Å². The number of carbonyl (C=O) groups excluding carboxylic acids is 1. The standard InChI is InChI=1S/C16H20BrN3OS/c1-3-4-13(18)15(21)19-10(2)16-20-14(9-22-16)11-5-7-12(17)8-6-11/h5-10,13H,3-4,18H2,1-2H3,(H,19,21). The van der Waals surface area contributed by atoms with E-state index in [2.05, 4.69) is 26.2 Å². The highest BCUT2D eigenvalue weighted by molar-refractivity contribution is 9.10. The third-order valence-corrected chi connectivity index (χ3v) is 4.88. The summed E-state index contributed by atoms with van der Waals surface area (Å²) < 4.78 is 1.04. The maximum absolute atomic E-state index is 12.0. The van der Waals surface area contributed by atoms with E-state index in [1.165, 1.54) is 0 Å². The van der Waals surface area contributed by atoms with Crippen LogP contribution in [0.3, 0.4) is 0 Å². The zero-order valence-corrected chi connectivity index (χ0v) is 15.1. The molecule has 4 nitrogen and oxygen atoms in total. The van der Waals surface area contributed by atoms with Crippen LogP contribution in [0.1, 0.15) is 37.7 Å². The van der Waals surface area contributed by atoms with Crippen LogP contribution in [0.5, 0.6) is 0 Å². The molecule has 3 N–H and O–H groups in total. The Morgan fingerprint density at radius 3 is 2.73 bits per heavy atom. The first-order chi connectivity index (χ1) is 10.5. The van der Waals surface area contributed by atoms with Crippen molar-refractivity contribution >= 4 is 33.2 Å². The molecule has 22 heavy (non-hydrogen) atoms. The molecule has 0 spiro atoms. The molecule has 2 rings (SSSR count). The van der Waals surface area contributed by atoms with Gasteiger partial charge < -0.3 is 11.1 Å². The molecule has 6 heteroatoms. The highest BCUT2D eigenvalue weighted by Crippen LogP contribution is 2.26. The van der Waals surface area contributed by atoms with E-state index in [0.717, 1.165) is 27.2 Å². The Labute approximate surface area is 143 Å². The smallest absolute Gasteiger partial charge is 0.237 e. The topological polar surface area (TPSA) is 68.0 Å². The van der Waals surface area contributed by atoms with E-state index in [1.807, 2.05) is 43.5 Å². The predicted molar refractivity (Wildman–Crippen MR) is 94.7 cm³/mol. The average Bonchev–Trinajstić information content (AvgIpc) is 2.98. The summed E-state index contributed by atoms with van der Waals surface area (Å²) in [4.78, 5) is 16.6. The van der Waals surface area contributed by atoms with Crippen molar-refractivity contribution in [1.82, 2.24) is 10.3 Å². The molecule has 0 bridgehead atoms. The number of rotatable bonds is 6. The minimum Gasteiger partial charge on any atom is -0.346 e. The van der Waals surface area contributed by atoms with E-state index in [1.54, 1.807) is 11.3 Å². The second-order valence-corrected chi connectivity index (χ2v) is 7.01. The molecule has 118 valence electrons. The molecule has 2 aromatic rings. The van der Waals surface area contributed by atoms with Crippen LogP contribution >= 0.6 is 27.3 Å². The van der Waals surface area contributed by atoms with Gasteiger partial charge in [-0.3, -0.25) is 4.79 Å². The normalized spacial score (nSPS) is 13.6. The van der Waals surface area contributed by atoms with E-state index < -0.39 is 6.04 Å². The van der Waals surface area contributed by atoms with Gasteiger partial charge in [0, 0.05) is 15.4 Å². The highest BCUT2D eigenvalue weighted by atomic mass is 79.9. The summed E-state index contributed by atoms with van der Waals surface area (Å²) in [6.45, 7) is 3.95. The van der Waals surface area contributed by atoms with Gasteiger partial charge in [0.05, 0.1) is 17.8 Å². The number of nitrogens with zero attached hydrogens (tertiary/aromatic N) is 1. The van der Waals surface area contributed by atoms with E-state index in [0.29, 0.717) is 6.42 Å². The van der Waals surface area contributed by atoms with Gasteiger partial charge in [-0.05, 0) is 25.5 Å². The molecular formula is C16H20BrN3OS. The van der Waals surface area contributed by atoms with E-state index >= 15 is 0 Å².